The zero-order valence-corrected chi connectivity index (χ0v) is 14.9. The normalized spacial score (nSPS) is 27.3. The molecule has 27 heavy (non-hydrogen) atoms. The Morgan fingerprint density at radius 1 is 1.26 bits per heavy atom. The van der Waals surface area contributed by atoms with Crippen molar-refractivity contribution in [1.82, 2.24) is 10.2 Å². The van der Waals surface area contributed by atoms with Crippen LogP contribution in [0.15, 0.2) is 24.3 Å². The second-order valence-corrected chi connectivity index (χ2v) is 7.79. The lowest BCUT2D eigenvalue weighted by Gasteiger charge is -2.24. The van der Waals surface area contributed by atoms with Crippen molar-refractivity contribution in [3.63, 3.8) is 0 Å². The van der Waals surface area contributed by atoms with Crippen molar-refractivity contribution in [2.75, 3.05) is 26.2 Å². The fourth-order valence-electron chi connectivity index (χ4n) is 4.02. The molecule has 2 saturated carbocycles. The number of benzene rings is 1. The Hall–Kier alpha value is -1.80. The van der Waals surface area contributed by atoms with Gasteiger partial charge in [-0.2, -0.15) is 0 Å². The number of piperidine rings is 1. The molecular formula is C19H23F3N3O2-. The summed E-state index contributed by atoms with van der Waals surface area (Å²) < 4.78 is 40.7. The van der Waals surface area contributed by atoms with Gasteiger partial charge in [0.1, 0.15) is 5.75 Å². The van der Waals surface area contributed by atoms with E-state index in [1.54, 1.807) is 12.1 Å². The van der Waals surface area contributed by atoms with Crippen molar-refractivity contribution >= 4 is 5.91 Å². The van der Waals surface area contributed by atoms with Crippen LogP contribution in [0.25, 0.3) is 5.32 Å². The van der Waals surface area contributed by atoms with Crippen LogP contribution in [-0.4, -0.2) is 49.4 Å². The Bertz CT molecular complexity index is 681. The zero-order chi connectivity index (χ0) is 19.0. The van der Waals surface area contributed by atoms with Crippen LogP contribution in [0, 0.1) is 17.8 Å². The van der Waals surface area contributed by atoms with Gasteiger partial charge in [-0.25, -0.2) is 0 Å². The van der Waals surface area contributed by atoms with Crippen LogP contribution in [0.1, 0.15) is 18.4 Å². The Balaban J connectivity index is 1.15. The average Bonchev–Trinajstić information content (AvgIpc) is 3.45. The van der Waals surface area contributed by atoms with E-state index < -0.39 is 6.36 Å². The van der Waals surface area contributed by atoms with Gasteiger partial charge in [0.15, 0.2) is 0 Å². The Labute approximate surface area is 156 Å². The molecule has 1 heterocycles. The van der Waals surface area contributed by atoms with Gasteiger partial charge < -0.3 is 15.4 Å². The number of carbonyl (C=O) groups is 1. The molecule has 0 aromatic heterocycles. The summed E-state index contributed by atoms with van der Waals surface area (Å²) in [6, 6.07) is 6.37. The molecule has 1 saturated heterocycles. The van der Waals surface area contributed by atoms with E-state index >= 15 is 0 Å². The Kier molecular flexibility index (Phi) is 5.03. The van der Waals surface area contributed by atoms with Gasteiger partial charge in [0.25, 0.3) is 0 Å². The van der Waals surface area contributed by atoms with E-state index in [0.29, 0.717) is 42.4 Å². The van der Waals surface area contributed by atoms with Crippen molar-refractivity contribution < 1.29 is 22.7 Å². The van der Waals surface area contributed by atoms with E-state index in [1.807, 2.05) is 0 Å². The molecule has 0 radical (unpaired) electrons. The molecule has 2 unspecified atom stereocenters. The number of alkyl halides is 3. The Morgan fingerprint density at radius 2 is 2.00 bits per heavy atom. The van der Waals surface area contributed by atoms with Crippen LogP contribution in [0.2, 0.25) is 0 Å². The second kappa shape index (κ2) is 7.31. The number of rotatable bonds is 8. The number of nitrogens with zero attached hydrogens (tertiary/aromatic N) is 2. The summed E-state index contributed by atoms with van der Waals surface area (Å²) in [5, 5.41) is 7.54. The topological polar surface area (TPSA) is 55.7 Å². The first-order valence-corrected chi connectivity index (χ1v) is 9.37. The third-order valence-corrected chi connectivity index (χ3v) is 5.52. The third kappa shape index (κ3) is 5.13. The van der Waals surface area contributed by atoms with Crippen LogP contribution >= 0.6 is 0 Å². The summed E-state index contributed by atoms with van der Waals surface area (Å²) in [7, 11) is 0. The van der Waals surface area contributed by atoms with Gasteiger partial charge in [-0.3, -0.25) is 9.69 Å². The molecule has 1 amide bonds. The number of fused-ring (bicyclic) bond motifs is 1. The zero-order valence-electron chi connectivity index (χ0n) is 14.9. The molecule has 2 atom stereocenters. The number of halogens is 3. The molecule has 0 spiro atoms. The van der Waals surface area contributed by atoms with Crippen molar-refractivity contribution in [3.8, 4) is 5.75 Å². The minimum absolute atomic E-state index is 0.126. The van der Waals surface area contributed by atoms with Crippen molar-refractivity contribution in [3.05, 3.63) is 35.1 Å². The molecule has 1 N–H and O–H groups in total. The molecule has 2 aliphatic carbocycles. The standard InChI is InChI=1S/C19H23F3N3O2/c20-19(21,22)27-14-3-1-2-12(6-14)7-23-8-15-16-9-25(10-17(15)16)11-18(26)24-13-4-5-13/h1-3,6,13,15-17H,4-5,7-11H2,(H,24,26)/q-1. The fourth-order valence-corrected chi connectivity index (χ4v) is 4.02. The lowest BCUT2D eigenvalue weighted by atomic mass is 10.2. The molecule has 1 aliphatic heterocycles. The highest BCUT2D eigenvalue weighted by Gasteiger charge is 2.53. The lowest BCUT2D eigenvalue weighted by Crippen LogP contribution is -2.38. The number of amides is 1. The van der Waals surface area contributed by atoms with Gasteiger partial charge in [0, 0.05) is 19.1 Å². The van der Waals surface area contributed by atoms with E-state index in [9.17, 15) is 18.0 Å². The maximum Gasteiger partial charge on any atom is 0.573 e. The first kappa shape index (κ1) is 18.6. The second-order valence-electron chi connectivity index (χ2n) is 7.79. The van der Waals surface area contributed by atoms with Crippen LogP contribution < -0.4 is 10.1 Å². The SMILES string of the molecule is O=C(CN1CC2C(C[N-]Cc3cccc(OC(F)(F)F)c3)C2C1)NC1CC1. The summed E-state index contributed by atoms with van der Waals surface area (Å²) in [6.45, 7) is 3.48. The molecule has 3 fully saturated rings. The summed E-state index contributed by atoms with van der Waals surface area (Å²) in [6.07, 6.45) is -2.47. The molecule has 4 rings (SSSR count). The minimum Gasteiger partial charge on any atom is -0.658 e. The summed E-state index contributed by atoms with van der Waals surface area (Å²) in [4.78, 5) is 14.1. The van der Waals surface area contributed by atoms with E-state index in [4.69, 9.17) is 0 Å². The van der Waals surface area contributed by atoms with Gasteiger partial charge in [0.05, 0.1) is 6.54 Å². The van der Waals surface area contributed by atoms with Gasteiger partial charge in [-0.15, -0.1) is 26.3 Å². The lowest BCUT2D eigenvalue weighted by molar-refractivity contribution is -0.274. The van der Waals surface area contributed by atoms with Crippen LogP contribution in [0.3, 0.4) is 0 Å². The number of carbonyl (C=O) groups excluding carboxylic acids is 1. The van der Waals surface area contributed by atoms with Gasteiger partial charge in [-0.05, 0) is 36.8 Å². The highest BCUT2D eigenvalue weighted by molar-refractivity contribution is 5.78. The van der Waals surface area contributed by atoms with Gasteiger partial charge >= 0.3 is 6.36 Å². The van der Waals surface area contributed by atoms with Crippen molar-refractivity contribution in [2.45, 2.75) is 31.8 Å². The number of ether oxygens (including phenoxy) is 1. The predicted molar refractivity (Wildman–Crippen MR) is 93.1 cm³/mol. The molecule has 148 valence electrons. The number of likely N-dealkylation sites (tertiary alicyclic amines) is 1. The molecule has 1 aromatic carbocycles. The van der Waals surface area contributed by atoms with Gasteiger partial charge in [-0.1, -0.05) is 23.6 Å². The molecule has 0 bridgehead atoms. The number of hydrogen-bond acceptors (Lipinski definition) is 3. The third-order valence-electron chi connectivity index (χ3n) is 5.52. The van der Waals surface area contributed by atoms with Crippen molar-refractivity contribution in [1.29, 1.82) is 0 Å². The fraction of sp³-hybridized carbons (Fsp3) is 0.632. The van der Waals surface area contributed by atoms with Crippen LogP contribution in [0.4, 0.5) is 13.2 Å². The monoisotopic (exact) mass is 382 g/mol. The highest BCUT2D eigenvalue weighted by atomic mass is 19.4. The molecule has 5 nitrogen and oxygen atoms in total. The van der Waals surface area contributed by atoms with Crippen LogP contribution in [-0.2, 0) is 11.3 Å². The molecule has 8 heteroatoms. The maximum absolute atomic E-state index is 12.3. The molecule has 3 aliphatic rings. The number of nitrogens with one attached hydrogen (secondary N) is 1. The van der Waals surface area contributed by atoms with E-state index in [2.05, 4.69) is 20.3 Å². The van der Waals surface area contributed by atoms with Crippen molar-refractivity contribution in [2.24, 2.45) is 17.8 Å². The minimum atomic E-state index is -4.68. The predicted octanol–water partition coefficient (Wildman–Crippen LogP) is 2.92. The number of hydrogen-bond donors (Lipinski definition) is 1. The first-order valence-electron chi connectivity index (χ1n) is 9.37. The highest BCUT2D eigenvalue weighted by Crippen LogP contribution is 2.52. The summed E-state index contributed by atoms with van der Waals surface area (Å²) >= 11 is 0. The quantitative estimate of drug-likeness (QED) is 0.752. The first-order chi connectivity index (χ1) is 12.9. The summed E-state index contributed by atoms with van der Waals surface area (Å²) in [5.74, 6) is 1.66. The Morgan fingerprint density at radius 3 is 2.67 bits per heavy atom. The molecular weight excluding hydrogens is 359 g/mol. The average molecular weight is 382 g/mol. The molecule has 1 aromatic rings. The van der Waals surface area contributed by atoms with E-state index in [0.717, 1.165) is 32.5 Å². The van der Waals surface area contributed by atoms with Gasteiger partial charge in [0.2, 0.25) is 5.91 Å². The maximum atomic E-state index is 12.3. The smallest absolute Gasteiger partial charge is 0.573 e. The summed E-state index contributed by atoms with van der Waals surface area (Å²) in [5.41, 5.74) is 0.709. The van der Waals surface area contributed by atoms with E-state index in [1.165, 1.54) is 12.1 Å². The van der Waals surface area contributed by atoms with Crippen LogP contribution in [0.5, 0.6) is 5.75 Å². The van der Waals surface area contributed by atoms with E-state index in [-0.39, 0.29) is 11.7 Å². The largest absolute Gasteiger partial charge is 0.658 e.